The molecule has 5 rings (SSSR count). The molecule has 2 aliphatic rings. The SMILES string of the molecule is Cn1ncc(-c2ccc3c(c2)COc2nc(OC4CC(C)(C)NC(C)(C)C4)sc2-3)n1. The minimum Gasteiger partial charge on any atom is -0.472 e. The zero-order chi connectivity index (χ0) is 21.1. The average molecular weight is 426 g/mol. The monoisotopic (exact) mass is 425 g/mol. The second kappa shape index (κ2) is 6.78. The summed E-state index contributed by atoms with van der Waals surface area (Å²) in [5.41, 5.74) is 4.24. The van der Waals surface area contributed by atoms with Gasteiger partial charge in [-0.3, -0.25) is 0 Å². The second-order valence-corrected chi connectivity index (χ2v) is 10.5. The Balaban J connectivity index is 1.40. The molecule has 0 saturated carbocycles. The summed E-state index contributed by atoms with van der Waals surface area (Å²) >= 11 is 1.57. The standard InChI is InChI=1S/C22H27N5O2S/c1-21(2)9-15(10-22(3,4)26-21)29-20-24-19-18(30-20)16-7-6-13(8-14(16)12-28-19)17-11-23-27(5)25-17/h6-8,11,15,26H,9-10,12H2,1-5H3. The maximum atomic E-state index is 6.36. The van der Waals surface area contributed by atoms with Gasteiger partial charge in [-0.1, -0.05) is 23.5 Å². The molecule has 0 atom stereocenters. The summed E-state index contributed by atoms with van der Waals surface area (Å²) in [7, 11) is 1.82. The minimum absolute atomic E-state index is 0.0309. The third kappa shape index (κ3) is 3.70. The highest BCUT2D eigenvalue weighted by atomic mass is 32.1. The fraction of sp³-hybridized carbons (Fsp3) is 0.500. The number of thiazole rings is 1. The molecule has 7 nitrogen and oxygen atoms in total. The van der Waals surface area contributed by atoms with Gasteiger partial charge >= 0.3 is 0 Å². The van der Waals surface area contributed by atoms with Crippen LogP contribution in [-0.4, -0.2) is 37.2 Å². The highest BCUT2D eigenvalue weighted by molar-refractivity contribution is 7.17. The van der Waals surface area contributed by atoms with E-state index in [1.165, 1.54) is 0 Å². The van der Waals surface area contributed by atoms with E-state index in [-0.39, 0.29) is 17.2 Å². The van der Waals surface area contributed by atoms with Gasteiger partial charge in [-0.15, -0.1) is 0 Å². The van der Waals surface area contributed by atoms with Crippen LogP contribution in [0.1, 0.15) is 46.1 Å². The molecule has 1 N–H and O–H groups in total. The molecule has 2 aromatic heterocycles. The number of ether oxygens (including phenoxy) is 2. The lowest BCUT2D eigenvalue weighted by atomic mass is 9.81. The Kier molecular flexibility index (Phi) is 4.41. The van der Waals surface area contributed by atoms with Crippen LogP contribution in [0, 0.1) is 0 Å². The highest BCUT2D eigenvalue weighted by Gasteiger charge is 2.39. The number of fused-ring (bicyclic) bond motifs is 3. The van der Waals surface area contributed by atoms with Gasteiger partial charge in [0, 0.05) is 42.1 Å². The Morgan fingerprint density at radius 3 is 2.67 bits per heavy atom. The molecule has 1 saturated heterocycles. The third-order valence-electron chi connectivity index (χ3n) is 5.61. The fourth-order valence-corrected chi connectivity index (χ4v) is 5.77. The summed E-state index contributed by atoms with van der Waals surface area (Å²) in [6, 6.07) is 6.33. The lowest BCUT2D eigenvalue weighted by molar-refractivity contribution is 0.0554. The van der Waals surface area contributed by atoms with Crippen molar-refractivity contribution in [2.75, 3.05) is 0 Å². The van der Waals surface area contributed by atoms with Gasteiger partial charge in [-0.05, 0) is 39.3 Å². The van der Waals surface area contributed by atoms with E-state index in [0.29, 0.717) is 17.7 Å². The number of rotatable bonds is 3. The number of hydrogen-bond acceptors (Lipinski definition) is 7. The number of aromatic nitrogens is 4. The average Bonchev–Trinajstić information content (AvgIpc) is 3.24. The van der Waals surface area contributed by atoms with Gasteiger partial charge in [0.1, 0.15) is 23.3 Å². The van der Waals surface area contributed by atoms with Gasteiger partial charge in [0.15, 0.2) is 0 Å². The molecule has 0 spiro atoms. The molecular weight excluding hydrogens is 398 g/mol. The molecule has 1 aromatic carbocycles. The maximum Gasteiger partial charge on any atom is 0.277 e. The van der Waals surface area contributed by atoms with Crippen molar-refractivity contribution in [3.63, 3.8) is 0 Å². The quantitative estimate of drug-likeness (QED) is 0.678. The van der Waals surface area contributed by atoms with E-state index >= 15 is 0 Å². The van der Waals surface area contributed by atoms with Crippen molar-refractivity contribution in [2.45, 2.75) is 64.3 Å². The largest absolute Gasteiger partial charge is 0.472 e. The van der Waals surface area contributed by atoms with Gasteiger partial charge in [0.2, 0.25) is 5.88 Å². The predicted octanol–water partition coefficient (Wildman–Crippen LogP) is 4.19. The molecule has 0 bridgehead atoms. The topological polar surface area (TPSA) is 74.1 Å². The van der Waals surface area contributed by atoms with Crippen LogP contribution in [0.25, 0.3) is 21.7 Å². The van der Waals surface area contributed by atoms with Crippen LogP contribution < -0.4 is 14.8 Å². The molecule has 30 heavy (non-hydrogen) atoms. The molecule has 0 unspecified atom stereocenters. The predicted molar refractivity (Wildman–Crippen MR) is 117 cm³/mol. The van der Waals surface area contributed by atoms with Crippen LogP contribution in [0.2, 0.25) is 0 Å². The first-order chi connectivity index (χ1) is 14.2. The molecule has 4 heterocycles. The summed E-state index contributed by atoms with van der Waals surface area (Å²) in [6.07, 6.45) is 3.79. The third-order valence-corrected chi connectivity index (χ3v) is 6.57. The number of nitrogens with one attached hydrogen (secondary N) is 1. The van der Waals surface area contributed by atoms with Crippen molar-refractivity contribution in [3.05, 3.63) is 30.0 Å². The van der Waals surface area contributed by atoms with Crippen molar-refractivity contribution in [1.82, 2.24) is 25.3 Å². The molecule has 1 fully saturated rings. The number of hydrogen-bond donors (Lipinski definition) is 1. The van der Waals surface area contributed by atoms with E-state index in [4.69, 9.17) is 9.47 Å². The molecule has 3 aromatic rings. The molecule has 158 valence electrons. The first kappa shape index (κ1) is 19.5. The van der Waals surface area contributed by atoms with Gasteiger partial charge in [0.05, 0.1) is 6.20 Å². The molecular formula is C22H27N5O2S. The zero-order valence-electron chi connectivity index (χ0n) is 18.0. The number of aryl methyl sites for hydroxylation is 1. The smallest absolute Gasteiger partial charge is 0.277 e. The molecule has 8 heteroatoms. The number of piperidine rings is 1. The van der Waals surface area contributed by atoms with Crippen molar-refractivity contribution >= 4 is 11.3 Å². The molecule has 0 radical (unpaired) electrons. The van der Waals surface area contributed by atoms with Gasteiger partial charge in [-0.25, -0.2) is 0 Å². The lowest BCUT2D eigenvalue weighted by Crippen LogP contribution is -2.60. The van der Waals surface area contributed by atoms with Crippen LogP contribution in [-0.2, 0) is 13.7 Å². The van der Waals surface area contributed by atoms with E-state index in [0.717, 1.165) is 40.1 Å². The summed E-state index contributed by atoms with van der Waals surface area (Å²) in [4.78, 5) is 7.25. The summed E-state index contributed by atoms with van der Waals surface area (Å²) < 4.78 is 12.3. The van der Waals surface area contributed by atoms with Gasteiger partial charge in [-0.2, -0.15) is 20.0 Å². The van der Waals surface area contributed by atoms with E-state index in [1.807, 2.05) is 7.05 Å². The molecule has 2 aliphatic heterocycles. The maximum absolute atomic E-state index is 6.36. The Morgan fingerprint density at radius 1 is 1.20 bits per heavy atom. The van der Waals surface area contributed by atoms with E-state index in [2.05, 4.69) is 66.4 Å². The van der Waals surface area contributed by atoms with E-state index in [9.17, 15) is 0 Å². The second-order valence-electron chi connectivity index (χ2n) is 9.53. The van der Waals surface area contributed by atoms with Gasteiger partial charge in [0.25, 0.3) is 5.19 Å². The van der Waals surface area contributed by atoms with Crippen LogP contribution in [0.4, 0.5) is 0 Å². The zero-order valence-corrected chi connectivity index (χ0v) is 18.8. The Bertz CT molecular complexity index is 1080. The van der Waals surface area contributed by atoms with E-state index < -0.39 is 0 Å². The highest BCUT2D eigenvalue weighted by Crippen LogP contribution is 2.45. The number of benzene rings is 1. The number of nitrogens with zero attached hydrogens (tertiary/aromatic N) is 4. The Hall–Kier alpha value is -2.45. The first-order valence-electron chi connectivity index (χ1n) is 10.3. The molecule has 0 amide bonds. The summed E-state index contributed by atoms with van der Waals surface area (Å²) in [5, 5.41) is 12.9. The van der Waals surface area contributed by atoms with Crippen LogP contribution in [0.3, 0.4) is 0 Å². The molecule has 0 aliphatic carbocycles. The summed E-state index contributed by atoms with van der Waals surface area (Å²) in [5.74, 6) is 0.669. The normalized spacial score (nSPS) is 19.6. The fourth-order valence-electron chi connectivity index (χ4n) is 4.78. The first-order valence-corrected chi connectivity index (χ1v) is 11.1. The van der Waals surface area contributed by atoms with Crippen LogP contribution in [0.15, 0.2) is 24.4 Å². The van der Waals surface area contributed by atoms with E-state index in [1.54, 1.807) is 22.3 Å². The summed E-state index contributed by atoms with van der Waals surface area (Å²) in [6.45, 7) is 9.40. The van der Waals surface area contributed by atoms with Crippen molar-refractivity contribution in [3.8, 4) is 32.8 Å². The minimum atomic E-state index is 0.0309. The van der Waals surface area contributed by atoms with Gasteiger partial charge < -0.3 is 14.8 Å². The van der Waals surface area contributed by atoms with Crippen LogP contribution in [0.5, 0.6) is 11.1 Å². The Labute approximate surface area is 180 Å². The van der Waals surface area contributed by atoms with Crippen molar-refractivity contribution in [1.29, 1.82) is 0 Å². The van der Waals surface area contributed by atoms with Crippen molar-refractivity contribution < 1.29 is 9.47 Å². The lowest BCUT2D eigenvalue weighted by Gasteiger charge is -2.45. The Morgan fingerprint density at radius 2 is 1.97 bits per heavy atom. The van der Waals surface area contributed by atoms with Crippen molar-refractivity contribution in [2.24, 2.45) is 7.05 Å². The van der Waals surface area contributed by atoms with Crippen LogP contribution >= 0.6 is 11.3 Å².